The summed E-state index contributed by atoms with van der Waals surface area (Å²) in [6.45, 7) is 8.73. The number of nitrogens with zero attached hydrogens (tertiary/aromatic N) is 4. The summed E-state index contributed by atoms with van der Waals surface area (Å²) in [5, 5.41) is 0. The standard InChI is InChI=1S/C14H22BrN5O/c1-14(2,3)11(16)12(21)19-4-6-20(7-5-19)13-17-8-10(15)9-18-13/h8-9,11H,4-7,16H2,1-3H3/t11-/m0/s1. The molecule has 0 bridgehead atoms. The predicted octanol–water partition coefficient (Wildman–Crippen LogP) is 1.26. The van der Waals surface area contributed by atoms with Crippen molar-refractivity contribution in [3.63, 3.8) is 0 Å². The number of rotatable bonds is 2. The van der Waals surface area contributed by atoms with Crippen molar-refractivity contribution in [2.45, 2.75) is 26.8 Å². The van der Waals surface area contributed by atoms with Gasteiger partial charge in [-0.2, -0.15) is 0 Å². The minimum atomic E-state index is -0.465. The van der Waals surface area contributed by atoms with E-state index in [2.05, 4.69) is 30.8 Å². The van der Waals surface area contributed by atoms with Crippen LogP contribution in [0.1, 0.15) is 20.8 Å². The number of hydrogen-bond acceptors (Lipinski definition) is 5. The van der Waals surface area contributed by atoms with E-state index in [9.17, 15) is 4.79 Å². The van der Waals surface area contributed by atoms with Crippen molar-refractivity contribution < 1.29 is 4.79 Å². The zero-order chi connectivity index (χ0) is 15.6. The van der Waals surface area contributed by atoms with Crippen molar-refractivity contribution in [1.82, 2.24) is 14.9 Å². The molecule has 2 N–H and O–H groups in total. The Balaban J connectivity index is 1.94. The molecule has 2 rings (SSSR count). The lowest BCUT2D eigenvalue weighted by Gasteiger charge is -2.38. The van der Waals surface area contributed by atoms with Gasteiger partial charge in [-0.05, 0) is 21.3 Å². The Hall–Kier alpha value is -1.21. The summed E-state index contributed by atoms with van der Waals surface area (Å²) in [5.41, 5.74) is 5.83. The molecule has 2 heterocycles. The fourth-order valence-corrected chi connectivity index (χ4v) is 2.37. The minimum absolute atomic E-state index is 0.0267. The first-order valence-corrected chi connectivity index (χ1v) is 7.85. The SMILES string of the molecule is CC(C)(C)[C@@H](N)C(=O)N1CCN(c2ncc(Br)cn2)CC1. The molecule has 0 aromatic carbocycles. The molecule has 6 nitrogen and oxygen atoms in total. The molecule has 1 aromatic heterocycles. The van der Waals surface area contributed by atoms with E-state index in [0.29, 0.717) is 19.0 Å². The van der Waals surface area contributed by atoms with Gasteiger partial charge in [-0.3, -0.25) is 4.79 Å². The van der Waals surface area contributed by atoms with Gasteiger partial charge in [-0.25, -0.2) is 9.97 Å². The molecule has 0 unspecified atom stereocenters. The zero-order valence-corrected chi connectivity index (χ0v) is 14.3. The first-order valence-electron chi connectivity index (χ1n) is 7.06. The lowest BCUT2D eigenvalue weighted by Crippen LogP contribution is -2.56. The molecule has 7 heteroatoms. The van der Waals surface area contributed by atoms with Crippen molar-refractivity contribution in [2.75, 3.05) is 31.1 Å². The van der Waals surface area contributed by atoms with Gasteiger partial charge in [0.25, 0.3) is 0 Å². The normalized spacial score (nSPS) is 17.8. The van der Waals surface area contributed by atoms with Crippen LogP contribution in [0.5, 0.6) is 0 Å². The summed E-state index contributed by atoms with van der Waals surface area (Å²) in [6, 6.07) is -0.465. The molecule has 1 aliphatic heterocycles. The van der Waals surface area contributed by atoms with E-state index in [1.807, 2.05) is 25.7 Å². The van der Waals surface area contributed by atoms with Crippen LogP contribution >= 0.6 is 15.9 Å². The zero-order valence-electron chi connectivity index (χ0n) is 12.7. The maximum absolute atomic E-state index is 12.4. The number of nitrogens with two attached hydrogens (primary N) is 1. The second kappa shape index (κ2) is 6.27. The Morgan fingerprint density at radius 1 is 1.24 bits per heavy atom. The molecule has 1 fully saturated rings. The second-order valence-corrected chi connectivity index (χ2v) is 7.27. The highest BCUT2D eigenvalue weighted by molar-refractivity contribution is 9.10. The Labute approximate surface area is 133 Å². The number of halogens is 1. The number of carbonyl (C=O) groups is 1. The molecular weight excluding hydrogens is 334 g/mol. The van der Waals surface area contributed by atoms with E-state index in [1.54, 1.807) is 12.4 Å². The largest absolute Gasteiger partial charge is 0.338 e. The highest BCUT2D eigenvalue weighted by Gasteiger charge is 2.32. The van der Waals surface area contributed by atoms with E-state index in [-0.39, 0.29) is 11.3 Å². The Bertz CT molecular complexity index is 491. The first-order chi connectivity index (χ1) is 9.79. The minimum Gasteiger partial charge on any atom is -0.338 e. The molecule has 0 aliphatic carbocycles. The van der Waals surface area contributed by atoms with Crippen LogP contribution in [0.15, 0.2) is 16.9 Å². The first kappa shape index (κ1) is 16.2. The third-order valence-corrected chi connectivity index (χ3v) is 4.09. The molecule has 0 saturated carbocycles. The number of carbonyl (C=O) groups excluding carboxylic acids is 1. The van der Waals surface area contributed by atoms with Crippen molar-refractivity contribution in [3.8, 4) is 0 Å². The molecule has 1 aliphatic rings. The van der Waals surface area contributed by atoms with Crippen LogP contribution in [0.2, 0.25) is 0 Å². The second-order valence-electron chi connectivity index (χ2n) is 6.36. The third kappa shape index (κ3) is 3.91. The predicted molar refractivity (Wildman–Crippen MR) is 86.0 cm³/mol. The lowest BCUT2D eigenvalue weighted by molar-refractivity contribution is -0.135. The summed E-state index contributed by atoms with van der Waals surface area (Å²) < 4.78 is 0.858. The lowest BCUT2D eigenvalue weighted by atomic mass is 9.86. The van der Waals surface area contributed by atoms with Gasteiger partial charge in [0.05, 0.1) is 10.5 Å². The maximum Gasteiger partial charge on any atom is 0.240 e. The van der Waals surface area contributed by atoms with Gasteiger partial charge in [0.1, 0.15) is 0 Å². The molecule has 1 saturated heterocycles. The third-order valence-electron chi connectivity index (χ3n) is 3.68. The molecule has 21 heavy (non-hydrogen) atoms. The van der Waals surface area contributed by atoms with Gasteiger partial charge in [0.2, 0.25) is 11.9 Å². The Morgan fingerprint density at radius 2 is 1.76 bits per heavy atom. The molecular formula is C14H22BrN5O. The van der Waals surface area contributed by atoms with Crippen LogP contribution < -0.4 is 10.6 Å². The Morgan fingerprint density at radius 3 is 2.24 bits per heavy atom. The quantitative estimate of drug-likeness (QED) is 0.864. The van der Waals surface area contributed by atoms with Crippen LogP contribution in [0.3, 0.4) is 0 Å². The molecule has 1 aromatic rings. The number of piperazine rings is 1. The topological polar surface area (TPSA) is 75.4 Å². The summed E-state index contributed by atoms with van der Waals surface area (Å²) >= 11 is 3.32. The van der Waals surface area contributed by atoms with Gasteiger partial charge in [-0.1, -0.05) is 20.8 Å². The van der Waals surface area contributed by atoms with Gasteiger partial charge >= 0.3 is 0 Å². The van der Waals surface area contributed by atoms with E-state index in [1.165, 1.54) is 0 Å². The van der Waals surface area contributed by atoms with Gasteiger partial charge in [0.15, 0.2) is 0 Å². The molecule has 116 valence electrons. The van der Waals surface area contributed by atoms with Crippen molar-refractivity contribution in [3.05, 3.63) is 16.9 Å². The number of aromatic nitrogens is 2. The van der Waals surface area contributed by atoms with E-state index in [0.717, 1.165) is 17.6 Å². The highest BCUT2D eigenvalue weighted by Crippen LogP contribution is 2.20. The molecule has 1 amide bonds. The van der Waals surface area contributed by atoms with Gasteiger partial charge in [-0.15, -0.1) is 0 Å². The van der Waals surface area contributed by atoms with E-state index < -0.39 is 6.04 Å². The van der Waals surface area contributed by atoms with Crippen molar-refractivity contribution >= 4 is 27.8 Å². The van der Waals surface area contributed by atoms with Crippen LogP contribution in [0.4, 0.5) is 5.95 Å². The summed E-state index contributed by atoms with van der Waals surface area (Å²) in [6.07, 6.45) is 3.46. The van der Waals surface area contributed by atoms with E-state index >= 15 is 0 Å². The van der Waals surface area contributed by atoms with Crippen LogP contribution in [0, 0.1) is 5.41 Å². The van der Waals surface area contributed by atoms with Crippen molar-refractivity contribution in [1.29, 1.82) is 0 Å². The van der Waals surface area contributed by atoms with Gasteiger partial charge < -0.3 is 15.5 Å². The number of amides is 1. The smallest absolute Gasteiger partial charge is 0.240 e. The monoisotopic (exact) mass is 355 g/mol. The average molecular weight is 356 g/mol. The molecule has 0 radical (unpaired) electrons. The molecule has 0 spiro atoms. The van der Waals surface area contributed by atoms with Crippen LogP contribution in [-0.2, 0) is 4.79 Å². The number of anilines is 1. The summed E-state index contributed by atoms with van der Waals surface area (Å²) in [7, 11) is 0. The highest BCUT2D eigenvalue weighted by atomic mass is 79.9. The Kier molecular flexibility index (Phi) is 4.83. The average Bonchev–Trinajstić information content (AvgIpc) is 2.46. The van der Waals surface area contributed by atoms with E-state index in [4.69, 9.17) is 5.73 Å². The van der Waals surface area contributed by atoms with Gasteiger partial charge in [0, 0.05) is 38.6 Å². The molecule has 1 atom stereocenters. The van der Waals surface area contributed by atoms with Crippen molar-refractivity contribution in [2.24, 2.45) is 11.1 Å². The van der Waals surface area contributed by atoms with Crippen LogP contribution in [-0.4, -0.2) is 53.0 Å². The summed E-state index contributed by atoms with van der Waals surface area (Å²) in [4.78, 5) is 24.9. The fraction of sp³-hybridized carbons (Fsp3) is 0.643. The number of hydrogen-bond donors (Lipinski definition) is 1. The summed E-state index contributed by atoms with van der Waals surface area (Å²) in [5.74, 6) is 0.726. The fourth-order valence-electron chi connectivity index (χ4n) is 2.16. The van der Waals surface area contributed by atoms with Crippen LogP contribution in [0.25, 0.3) is 0 Å². The maximum atomic E-state index is 12.4.